The molecule has 26 rings (SSSR count). The first-order valence-corrected chi connectivity index (χ1v) is 44.1. The number of thiazole rings is 1. The van der Waals surface area contributed by atoms with Crippen molar-refractivity contribution in [1.29, 1.82) is 0 Å². The van der Waals surface area contributed by atoms with Crippen LogP contribution in [0.1, 0.15) is 0 Å². The van der Waals surface area contributed by atoms with E-state index in [0.29, 0.717) is 0 Å². The van der Waals surface area contributed by atoms with Crippen molar-refractivity contribution in [3.8, 4) is 0 Å². The van der Waals surface area contributed by atoms with E-state index < -0.39 is 0 Å². The van der Waals surface area contributed by atoms with Crippen LogP contribution in [0.2, 0.25) is 0 Å². The second-order valence-corrected chi connectivity index (χ2v) is 27.7. The van der Waals surface area contributed by atoms with Gasteiger partial charge in [0, 0.05) is 191 Å². The Labute approximate surface area is 779 Å². The van der Waals surface area contributed by atoms with Gasteiger partial charge in [0.05, 0.1) is 77.7 Å². The highest BCUT2D eigenvalue weighted by molar-refractivity contribution is 7.25. The van der Waals surface area contributed by atoms with Gasteiger partial charge in [0.25, 0.3) is 0 Å². The number of aromatic nitrogens is 27. The van der Waals surface area contributed by atoms with Crippen LogP contribution < -0.4 is 0 Å². The van der Waals surface area contributed by atoms with Gasteiger partial charge in [-0.2, -0.15) is 21.5 Å². The van der Waals surface area contributed by atoms with Crippen molar-refractivity contribution < 1.29 is 13.4 Å². The highest BCUT2D eigenvalue weighted by Crippen LogP contribution is 2.25. The number of benzene rings is 4. The summed E-state index contributed by atoms with van der Waals surface area (Å²) in [5.74, 6) is 0. The molecule has 0 fully saturated rings. The minimum absolute atomic E-state index is 0.949. The molecule has 131 heavy (non-hydrogen) atoms. The van der Waals surface area contributed by atoms with Crippen molar-refractivity contribution in [3.63, 3.8) is 0 Å². The molecule has 0 aliphatic heterocycles. The summed E-state index contributed by atoms with van der Waals surface area (Å²) < 4.78 is 21.3. The molecule has 0 atom stereocenters. The lowest BCUT2D eigenvalue weighted by molar-refractivity contribution is 0.420. The van der Waals surface area contributed by atoms with Crippen molar-refractivity contribution >= 4 is 121 Å². The Morgan fingerprint density at radius 3 is 1.17 bits per heavy atom. The highest BCUT2D eigenvalue weighted by Gasteiger charge is 1.93. The number of pyridine rings is 2. The maximum Gasteiger partial charge on any atom is 0.180 e. The molecular weight excluding hydrogens is 1760 g/mol. The summed E-state index contributed by atoms with van der Waals surface area (Å²) >= 11 is 10.2. The van der Waals surface area contributed by atoms with E-state index in [1.54, 1.807) is 267 Å². The van der Waals surface area contributed by atoms with Crippen molar-refractivity contribution in [2.24, 2.45) is 0 Å². The number of nitrogens with zero attached hydrogens (tertiary/aromatic N) is 21. The fourth-order valence-electron chi connectivity index (χ4n) is 8.06. The molecule has 0 aliphatic carbocycles. The summed E-state index contributed by atoms with van der Waals surface area (Å²) in [4.78, 5) is 74.7. The number of hydrogen-bond donors (Lipinski definition) is 6. The minimum atomic E-state index is 0.949. The zero-order valence-corrected chi connectivity index (χ0v) is 75.0. The zero-order valence-electron chi connectivity index (χ0n) is 70.1. The Bertz CT molecular complexity index is 4960. The quantitative estimate of drug-likeness (QED) is 0.0821. The van der Waals surface area contributed by atoms with Gasteiger partial charge in [-0.1, -0.05) is 90.1 Å². The molecule has 36 heteroatoms. The molecule has 660 valence electrons. The van der Waals surface area contributed by atoms with E-state index in [1.807, 2.05) is 186 Å². The average molecular weight is 1850 g/mol. The van der Waals surface area contributed by atoms with Gasteiger partial charge in [-0.3, -0.25) is 40.0 Å². The molecule has 6 N–H and O–H groups in total. The van der Waals surface area contributed by atoms with E-state index >= 15 is 0 Å². The largest absolute Gasteiger partial charge is 0.473 e. The highest BCUT2D eigenvalue weighted by atomic mass is 32.1. The van der Waals surface area contributed by atoms with Crippen LogP contribution in [0, 0.1) is 0 Å². The third kappa shape index (κ3) is 58.7. The first kappa shape index (κ1) is 103. The third-order valence-corrected chi connectivity index (χ3v) is 18.0. The van der Waals surface area contributed by atoms with E-state index in [9.17, 15) is 0 Å². The van der Waals surface area contributed by atoms with Crippen molar-refractivity contribution in [3.05, 3.63) is 517 Å². The molecule has 4 aromatic carbocycles. The monoisotopic (exact) mass is 1850 g/mol. The molecule has 0 bridgehead atoms. The number of nitrogens with one attached hydrogen (secondary N) is 6. The van der Waals surface area contributed by atoms with Gasteiger partial charge in [0.2, 0.25) is 0 Å². The smallest absolute Gasteiger partial charge is 0.180 e. The number of para-hydroxylation sites is 5. The Morgan fingerprint density at radius 2 is 0.840 bits per heavy atom. The number of fused-ring (bicyclic) bond motifs is 5. The Kier molecular flexibility index (Phi) is 61.9. The van der Waals surface area contributed by atoms with Crippen LogP contribution in [-0.4, -0.2) is 135 Å². The van der Waals surface area contributed by atoms with Crippen molar-refractivity contribution in [1.82, 2.24) is 135 Å². The SMILES string of the molecule is c1c[nH]cn1.c1c[nH]cn1.c1cc2sccc2s1.c1cc[nH]c1.c1ccc2[nH]ccc2c1.c1ccc2[nH]cnc2c1.c1ccc2nccnc2c1.c1ccc2sccc2c1.c1ccncc1.c1ccncc1.c1ccoc1.c1ccsc1.c1cn[nH]c1.c1cnccn1.c1cncnc1.c1cncnc1.c1cnncn1.c1cnoc1.c1cnsc1.c1cocn1.c1cscn1. The first-order valence-electron chi connectivity index (χ1n) is 38.7. The van der Waals surface area contributed by atoms with Gasteiger partial charge in [-0.25, -0.2) is 49.2 Å². The fourth-order valence-corrected chi connectivity index (χ4v) is 11.8. The lowest BCUT2D eigenvalue weighted by Crippen LogP contribution is -1.78. The van der Waals surface area contributed by atoms with E-state index in [2.05, 4.69) is 225 Å². The van der Waals surface area contributed by atoms with Crippen LogP contribution in [-0.2, 0) is 0 Å². The van der Waals surface area contributed by atoms with Crippen LogP contribution in [0.15, 0.2) is 530 Å². The van der Waals surface area contributed by atoms with E-state index in [0.717, 1.165) is 22.1 Å². The van der Waals surface area contributed by atoms with Crippen LogP contribution in [0.4, 0.5) is 0 Å². The Balaban J connectivity index is 0.000000213. The van der Waals surface area contributed by atoms with Crippen LogP contribution >= 0.6 is 68.2 Å². The second kappa shape index (κ2) is 78.9. The molecule has 0 radical (unpaired) electrons. The zero-order chi connectivity index (χ0) is 91.3. The third-order valence-electron chi connectivity index (χ3n) is 13.5. The number of H-pyrrole nitrogens is 6. The molecule has 0 amide bonds. The van der Waals surface area contributed by atoms with Crippen molar-refractivity contribution in [2.75, 3.05) is 0 Å². The number of imidazole rings is 3. The van der Waals surface area contributed by atoms with Gasteiger partial charge in [-0.05, 0) is 189 Å². The topological polar surface area (TPSA) is 405 Å². The number of furan rings is 1. The second-order valence-electron chi connectivity index (χ2n) is 22.6. The molecule has 26 aromatic rings. The average Bonchev–Trinajstić information content (AvgIpc) is 1.85. The van der Waals surface area contributed by atoms with Gasteiger partial charge in [-0.15, -0.1) is 50.4 Å². The van der Waals surface area contributed by atoms with E-state index in [4.69, 9.17) is 0 Å². The predicted octanol–water partition coefficient (Wildman–Crippen LogP) is 23.6. The van der Waals surface area contributed by atoms with Gasteiger partial charge < -0.3 is 38.3 Å². The van der Waals surface area contributed by atoms with E-state index in [1.165, 1.54) is 86.0 Å². The molecule has 0 unspecified atom stereocenters. The number of hydrogen-bond acceptors (Lipinski definition) is 30. The summed E-state index contributed by atoms with van der Waals surface area (Å²) in [5.41, 5.74) is 7.02. The first-order chi connectivity index (χ1) is 65.3. The number of oxazole rings is 1. The normalized spacial score (nSPS) is 8.76. The summed E-state index contributed by atoms with van der Waals surface area (Å²) in [6, 6.07) is 72.9. The number of rotatable bonds is 0. The van der Waals surface area contributed by atoms with E-state index in [-0.39, 0.29) is 0 Å². The van der Waals surface area contributed by atoms with Crippen molar-refractivity contribution in [2.45, 2.75) is 0 Å². The number of thiophene rings is 4. The molecule has 0 saturated heterocycles. The summed E-state index contributed by atoms with van der Waals surface area (Å²) in [6.07, 6.45) is 66.6. The Hall–Kier alpha value is -17.0. The molecule has 30 nitrogen and oxygen atoms in total. The predicted molar refractivity (Wildman–Crippen MR) is 527 cm³/mol. The lowest BCUT2D eigenvalue weighted by atomic mass is 10.3. The molecule has 0 spiro atoms. The maximum absolute atomic E-state index is 4.58. The van der Waals surface area contributed by atoms with Gasteiger partial charge >= 0.3 is 0 Å². The standard InChI is InChI=1S/C8H6N2.C8H7N.C8H6S.C7H6N2.C6H4S2.2C5H5N.3C4H4N2.C4H5N.C4H4O.C4H4S.C3H3N3.3C3H4N2.2C3H3NO.2C3H3NS/c1-2-4-8-7(3-1)9-5-6-10-8;2*1-2-4-8-7(3-1)5-6-9-8;1-2-4-7-6(3-1)8-5-9-7;1-3-7-6-2-4-8-5(1)6;2*1-2-4-6-5-3-1;1-2-6-4-3-5-1;2*1-2-5-4-6-3-1;3*1-2-4-5-3-1;1-2-5-6-3-4-1;2*1-2-5-3-4-1;1-2-4-5-3-1;1-2-5-3-4-1;1-2-4-5-3-1;1-2-5-3-4-1;1-2-4-5-3-1/h1-6H;1-6,9H;1-6H;1-5H,(H,8,9);1-4H;2*1-5H;3*1-4H;1-5H;2*1-4H;1-3H;3*1-3H,(H,4,5);4*1-3H. The Morgan fingerprint density at radius 1 is 0.260 bits per heavy atom. The summed E-state index contributed by atoms with van der Waals surface area (Å²) in [5, 5.41) is 33.4. The van der Waals surface area contributed by atoms with Gasteiger partial charge in [0.1, 0.15) is 31.5 Å². The maximum atomic E-state index is 4.58. The van der Waals surface area contributed by atoms with Crippen LogP contribution in [0.25, 0.3) is 52.5 Å². The molecule has 0 saturated carbocycles. The van der Waals surface area contributed by atoms with Crippen LogP contribution in [0.3, 0.4) is 0 Å². The molecule has 22 heterocycles. The van der Waals surface area contributed by atoms with Crippen LogP contribution in [0.5, 0.6) is 0 Å². The lowest BCUT2D eigenvalue weighted by Gasteiger charge is -1.90. The molecule has 0 aliphatic rings. The van der Waals surface area contributed by atoms with Gasteiger partial charge in [0.15, 0.2) is 6.39 Å². The fraction of sp³-hybridized carbons (Fsp3) is 0. The summed E-state index contributed by atoms with van der Waals surface area (Å²) in [7, 11) is 0. The number of aromatic amines is 6. The molecular formula is C95H91N27O3S6. The summed E-state index contributed by atoms with van der Waals surface area (Å²) in [6.45, 7) is 0. The minimum Gasteiger partial charge on any atom is -0.473 e. The molecule has 22 aromatic heterocycles.